The number of amides is 1. The molecule has 0 spiro atoms. The molecular formula is C48H55ClN8O5S. The van der Waals surface area contributed by atoms with Crippen LogP contribution in [0.4, 0.5) is 17.1 Å². The van der Waals surface area contributed by atoms with E-state index in [0.717, 1.165) is 112 Å². The van der Waals surface area contributed by atoms with Crippen molar-refractivity contribution in [2.24, 2.45) is 11.3 Å². The summed E-state index contributed by atoms with van der Waals surface area (Å²) in [6.07, 6.45) is 9.88. The molecule has 0 bridgehead atoms. The summed E-state index contributed by atoms with van der Waals surface area (Å²) in [6, 6.07) is 21.0. The Labute approximate surface area is 377 Å². The lowest BCUT2D eigenvalue weighted by atomic mass is 9.72. The third-order valence-electron chi connectivity index (χ3n) is 13.1. The number of likely N-dealkylation sites (tertiary alicyclic amines) is 1. The van der Waals surface area contributed by atoms with Crippen molar-refractivity contribution in [2.75, 3.05) is 69.7 Å². The summed E-state index contributed by atoms with van der Waals surface area (Å²) in [5.41, 5.74) is 6.81. The summed E-state index contributed by atoms with van der Waals surface area (Å²) in [7, 11) is 2.14. The number of anilines is 2. The highest BCUT2D eigenvalue weighted by Gasteiger charge is 2.32. The lowest BCUT2D eigenvalue weighted by Crippen LogP contribution is -2.47. The molecule has 63 heavy (non-hydrogen) atoms. The van der Waals surface area contributed by atoms with E-state index in [2.05, 4.69) is 67.7 Å². The average molecular weight is 892 g/mol. The van der Waals surface area contributed by atoms with E-state index in [4.69, 9.17) is 21.1 Å². The van der Waals surface area contributed by atoms with Crippen molar-refractivity contribution >= 4 is 63.1 Å². The minimum atomic E-state index is -0.403. The molecule has 1 atom stereocenters. The SMILES string of the molecule is CN1CCC(C[C@H]2COc3cc(SNC(=O)c4ccc(N5CCN(CC6=C(c7ccc(Cl)cc7)CC(C)(C)CC6)CC5)cc4Oc4cnc5[nH]ccc5c4)cc([N+](=O)[O-])c3N2)CC1. The predicted octanol–water partition coefficient (Wildman–Crippen LogP) is 10.0. The highest BCUT2D eigenvalue weighted by Crippen LogP contribution is 2.44. The number of halogens is 1. The molecule has 0 radical (unpaired) electrons. The van der Waals surface area contributed by atoms with Crippen LogP contribution in [0.3, 0.4) is 0 Å². The molecule has 3 aliphatic heterocycles. The van der Waals surface area contributed by atoms with Crippen LogP contribution in [0.2, 0.25) is 5.02 Å². The van der Waals surface area contributed by atoms with Crippen LogP contribution < -0.4 is 24.4 Å². The maximum atomic E-state index is 14.0. The molecule has 3 aromatic carbocycles. The molecule has 330 valence electrons. The van der Waals surface area contributed by atoms with Gasteiger partial charge in [0.05, 0.1) is 22.7 Å². The van der Waals surface area contributed by atoms with Gasteiger partial charge in [0.1, 0.15) is 23.8 Å². The van der Waals surface area contributed by atoms with Gasteiger partial charge in [0, 0.05) is 72.0 Å². The van der Waals surface area contributed by atoms with Crippen LogP contribution in [0.25, 0.3) is 16.6 Å². The molecule has 4 aliphatic rings. The predicted molar refractivity (Wildman–Crippen MR) is 251 cm³/mol. The van der Waals surface area contributed by atoms with E-state index in [1.807, 2.05) is 42.6 Å². The van der Waals surface area contributed by atoms with Crippen molar-refractivity contribution in [1.82, 2.24) is 24.5 Å². The molecule has 3 N–H and O–H groups in total. The Bertz CT molecular complexity index is 2510. The molecule has 9 rings (SSSR count). The van der Waals surface area contributed by atoms with Crippen molar-refractivity contribution in [1.29, 1.82) is 0 Å². The van der Waals surface area contributed by atoms with Crippen molar-refractivity contribution in [3.8, 4) is 17.2 Å². The first-order chi connectivity index (χ1) is 30.4. The summed E-state index contributed by atoms with van der Waals surface area (Å²) in [4.78, 5) is 41.3. The van der Waals surface area contributed by atoms with Crippen LogP contribution in [0, 0.1) is 21.4 Å². The molecule has 1 amide bonds. The molecule has 2 aromatic heterocycles. The molecule has 1 aliphatic carbocycles. The Balaban J connectivity index is 0.899. The number of carbonyl (C=O) groups is 1. The largest absolute Gasteiger partial charge is 0.489 e. The number of nitro groups is 1. The fourth-order valence-corrected chi connectivity index (χ4v) is 10.2. The van der Waals surface area contributed by atoms with Crippen LogP contribution in [-0.2, 0) is 0 Å². The highest BCUT2D eigenvalue weighted by molar-refractivity contribution is 7.98. The first kappa shape index (κ1) is 43.0. The van der Waals surface area contributed by atoms with E-state index in [0.29, 0.717) is 45.9 Å². The van der Waals surface area contributed by atoms with Crippen LogP contribution >= 0.6 is 23.5 Å². The lowest BCUT2D eigenvalue weighted by Gasteiger charge is -2.39. The number of piperidine rings is 1. The molecule has 5 aromatic rings. The Morgan fingerprint density at radius 1 is 1.05 bits per heavy atom. The number of piperazine rings is 1. The maximum absolute atomic E-state index is 14.0. The molecule has 5 heterocycles. The second-order valence-electron chi connectivity index (χ2n) is 18.3. The van der Waals surface area contributed by atoms with Crippen molar-refractivity contribution < 1.29 is 19.2 Å². The maximum Gasteiger partial charge on any atom is 0.297 e. The number of pyridine rings is 1. The van der Waals surface area contributed by atoms with Crippen LogP contribution in [-0.4, -0.2) is 96.1 Å². The zero-order valence-electron chi connectivity index (χ0n) is 36.1. The number of aromatic nitrogens is 2. The normalized spacial score (nSPS) is 19.6. The van der Waals surface area contributed by atoms with Gasteiger partial charge in [-0.2, -0.15) is 0 Å². The zero-order valence-corrected chi connectivity index (χ0v) is 37.7. The number of allylic oxidation sites excluding steroid dienone is 1. The fraction of sp³-hybridized carbons (Fsp3) is 0.417. The number of benzene rings is 3. The molecule has 13 nitrogen and oxygen atoms in total. The van der Waals surface area contributed by atoms with Gasteiger partial charge in [-0.25, -0.2) is 4.98 Å². The van der Waals surface area contributed by atoms with E-state index in [1.54, 1.807) is 18.3 Å². The average Bonchev–Trinajstić information content (AvgIpc) is 3.75. The Hall–Kier alpha value is -5.28. The van der Waals surface area contributed by atoms with Crippen LogP contribution in [0.15, 0.2) is 89.6 Å². The number of hydrogen-bond acceptors (Lipinski definition) is 11. The van der Waals surface area contributed by atoms with Gasteiger partial charge in [-0.3, -0.25) is 24.5 Å². The van der Waals surface area contributed by atoms with Gasteiger partial charge in [-0.15, -0.1) is 0 Å². The summed E-state index contributed by atoms with van der Waals surface area (Å²) < 4.78 is 15.5. The zero-order chi connectivity index (χ0) is 43.7. The summed E-state index contributed by atoms with van der Waals surface area (Å²) in [6.45, 7) is 11.6. The van der Waals surface area contributed by atoms with Gasteiger partial charge in [-0.05, 0) is 136 Å². The Kier molecular flexibility index (Phi) is 12.6. The second kappa shape index (κ2) is 18.4. The van der Waals surface area contributed by atoms with Crippen molar-refractivity contribution in [3.63, 3.8) is 0 Å². The van der Waals surface area contributed by atoms with Crippen LogP contribution in [0.1, 0.15) is 68.3 Å². The molecule has 0 saturated carbocycles. The third-order valence-corrected chi connectivity index (χ3v) is 14.1. The van der Waals surface area contributed by atoms with Gasteiger partial charge in [-0.1, -0.05) is 43.2 Å². The van der Waals surface area contributed by atoms with Crippen molar-refractivity contribution in [2.45, 2.75) is 63.3 Å². The van der Waals surface area contributed by atoms with Gasteiger partial charge >= 0.3 is 0 Å². The molecule has 2 fully saturated rings. The summed E-state index contributed by atoms with van der Waals surface area (Å²) in [5, 5.41) is 17.4. The third kappa shape index (κ3) is 10.1. The number of nitrogens with one attached hydrogen (secondary N) is 3. The lowest BCUT2D eigenvalue weighted by molar-refractivity contribution is -0.384. The highest BCUT2D eigenvalue weighted by atomic mass is 35.5. The number of nitro benzene ring substituents is 1. The van der Waals surface area contributed by atoms with E-state index in [9.17, 15) is 14.9 Å². The van der Waals surface area contributed by atoms with E-state index in [-0.39, 0.29) is 17.1 Å². The van der Waals surface area contributed by atoms with Crippen LogP contribution in [0.5, 0.6) is 17.2 Å². The van der Waals surface area contributed by atoms with Gasteiger partial charge in [0.2, 0.25) is 0 Å². The van der Waals surface area contributed by atoms with Crippen molar-refractivity contribution in [3.05, 3.63) is 111 Å². The monoisotopic (exact) mass is 890 g/mol. The second-order valence-corrected chi connectivity index (χ2v) is 19.6. The number of fused-ring (bicyclic) bond motifs is 2. The summed E-state index contributed by atoms with van der Waals surface area (Å²) >= 11 is 7.27. The Morgan fingerprint density at radius 3 is 2.62 bits per heavy atom. The topological polar surface area (TPSA) is 141 Å². The van der Waals surface area contributed by atoms with Gasteiger partial charge in [0.25, 0.3) is 11.6 Å². The minimum Gasteiger partial charge on any atom is -0.489 e. The first-order valence-electron chi connectivity index (χ1n) is 22.0. The molecule has 15 heteroatoms. The number of nitrogens with zero attached hydrogens (tertiary/aromatic N) is 5. The summed E-state index contributed by atoms with van der Waals surface area (Å²) in [5.74, 6) is 1.43. The number of ether oxygens (including phenoxy) is 2. The van der Waals surface area contributed by atoms with E-state index >= 15 is 0 Å². The number of carbonyl (C=O) groups excluding carboxylic acids is 1. The quantitative estimate of drug-likeness (QED) is 0.0626. The molecular weight excluding hydrogens is 836 g/mol. The fourth-order valence-electron chi connectivity index (χ4n) is 9.44. The van der Waals surface area contributed by atoms with E-state index < -0.39 is 10.8 Å². The first-order valence-corrected chi connectivity index (χ1v) is 23.2. The number of rotatable bonds is 12. The Morgan fingerprint density at radius 2 is 1.84 bits per heavy atom. The number of aromatic amines is 1. The smallest absolute Gasteiger partial charge is 0.297 e. The molecule has 2 saturated heterocycles. The number of hydrogen-bond donors (Lipinski definition) is 3. The molecule has 0 unspecified atom stereocenters. The number of H-pyrrole nitrogens is 1. The standard InChI is InChI=1S/C48H55ClN8O5S/c1-48(2)14-10-34(41(27-48)32-4-6-35(49)7-5-32)29-55-18-20-56(21-19-55)37-8-9-40(43(24-37)62-38-23-33-11-15-50-46(33)51-28-38)47(58)53-63-39-25-42(57(59)60)45-44(26-39)61-30-36(52-45)22-31-12-16-54(3)17-13-31/h4-9,11,15,23-26,28,31,36,52H,10,12-14,16-22,27,29-30H2,1-3H3,(H,50,51)(H,53,58)/t36-/m0/s1. The van der Waals surface area contributed by atoms with E-state index in [1.165, 1.54) is 29.2 Å². The van der Waals surface area contributed by atoms with Gasteiger partial charge < -0.3 is 29.6 Å². The minimum absolute atomic E-state index is 0.0118. The van der Waals surface area contributed by atoms with Gasteiger partial charge in [0.15, 0.2) is 11.4 Å².